The highest BCUT2D eigenvalue weighted by Crippen LogP contribution is 2.38. The molecule has 0 radical (unpaired) electrons. The van der Waals surface area contributed by atoms with E-state index in [9.17, 15) is 9.59 Å². The van der Waals surface area contributed by atoms with Crippen LogP contribution in [0.4, 0.5) is 4.79 Å². The zero-order valence-electron chi connectivity index (χ0n) is 16.1. The van der Waals surface area contributed by atoms with Crippen molar-refractivity contribution in [3.8, 4) is 0 Å². The molecule has 0 aliphatic carbocycles. The van der Waals surface area contributed by atoms with E-state index >= 15 is 0 Å². The van der Waals surface area contributed by atoms with Gasteiger partial charge in [0.05, 0.1) is 19.6 Å². The Kier molecular flexibility index (Phi) is 6.30. The zero-order chi connectivity index (χ0) is 20.2. The van der Waals surface area contributed by atoms with E-state index in [2.05, 4.69) is 5.16 Å². The first-order valence-electron chi connectivity index (χ1n) is 8.79. The maximum Gasteiger partial charge on any atom is 0.410 e. The van der Waals surface area contributed by atoms with Gasteiger partial charge in [-0.15, -0.1) is 0 Å². The quantitative estimate of drug-likeness (QED) is 0.274. The van der Waals surface area contributed by atoms with Crippen LogP contribution < -0.4 is 5.73 Å². The van der Waals surface area contributed by atoms with Crippen molar-refractivity contribution in [2.45, 2.75) is 45.3 Å². The lowest BCUT2D eigenvalue weighted by atomic mass is 9.97. The Hall–Kier alpha value is -2.77. The Labute approximate surface area is 158 Å². The van der Waals surface area contributed by atoms with Gasteiger partial charge in [0.2, 0.25) is 0 Å². The van der Waals surface area contributed by atoms with Gasteiger partial charge in [-0.05, 0) is 38.7 Å². The number of hydrogen-bond acceptors (Lipinski definition) is 6. The molecule has 3 N–H and O–H groups in total. The molecule has 1 heterocycles. The molecule has 0 bridgehead atoms. The highest BCUT2D eigenvalue weighted by molar-refractivity contribution is 5.97. The van der Waals surface area contributed by atoms with Gasteiger partial charge in [0, 0.05) is 12.1 Å². The second-order valence-corrected chi connectivity index (χ2v) is 7.64. The number of likely N-dealkylation sites (tertiary alicyclic amines) is 1. The summed E-state index contributed by atoms with van der Waals surface area (Å²) in [4.78, 5) is 26.0. The molecule has 2 unspecified atom stereocenters. The molecule has 1 saturated heterocycles. The molecule has 2 rings (SSSR count). The van der Waals surface area contributed by atoms with Crippen LogP contribution in [0.2, 0.25) is 0 Å². The summed E-state index contributed by atoms with van der Waals surface area (Å²) in [6, 6.07) is 6.89. The predicted octanol–water partition coefficient (Wildman–Crippen LogP) is 2.64. The van der Waals surface area contributed by atoms with Crippen LogP contribution in [-0.2, 0) is 14.3 Å². The number of ether oxygens (including phenoxy) is 2. The van der Waals surface area contributed by atoms with Crippen LogP contribution in [0, 0.1) is 5.92 Å². The van der Waals surface area contributed by atoms with Crippen molar-refractivity contribution in [1.29, 1.82) is 0 Å². The van der Waals surface area contributed by atoms with E-state index in [1.54, 1.807) is 17.0 Å². The van der Waals surface area contributed by atoms with Gasteiger partial charge in [-0.25, -0.2) is 4.79 Å². The number of esters is 1. The summed E-state index contributed by atoms with van der Waals surface area (Å²) < 4.78 is 10.3. The van der Waals surface area contributed by atoms with Crippen LogP contribution in [0.5, 0.6) is 0 Å². The van der Waals surface area contributed by atoms with Crippen LogP contribution in [0.1, 0.15) is 50.8 Å². The summed E-state index contributed by atoms with van der Waals surface area (Å²) in [6.07, 6.45) is 0.451. The van der Waals surface area contributed by atoms with Crippen LogP contribution in [-0.4, -0.2) is 47.3 Å². The van der Waals surface area contributed by atoms with E-state index in [1.807, 2.05) is 32.9 Å². The van der Waals surface area contributed by atoms with Gasteiger partial charge in [-0.3, -0.25) is 4.79 Å². The maximum atomic E-state index is 12.7. The average molecular weight is 377 g/mol. The van der Waals surface area contributed by atoms with Crippen molar-refractivity contribution in [1.82, 2.24) is 4.90 Å². The minimum atomic E-state index is -0.613. The summed E-state index contributed by atoms with van der Waals surface area (Å²) in [6.45, 7) is 5.85. The number of nitrogens with zero attached hydrogens (tertiary/aromatic N) is 2. The number of hydrogen-bond donors (Lipinski definition) is 2. The van der Waals surface area contributed by atoms with Gasteiger partial charge >= 0.3 is 12.1 Å². The lowest BCUT2D eigenvalue weighted by molar-refractivity contribution is -0.141. The monoisotopic (exact) mass is 377 g/mol. The summed E-state index contributed by atoms with van der Waals surface area (Å²) in [5.41, 5.74) is 6.46. The standard InChI is InChI=1S/C19H27N3O5/c1-19(2,3)27-18(24)22-11-12(10-16(23)26-4)9-15(22)13-5-7-14(8-6-13)17(20)21-25/h5-8,12,15,25H,9-11H2,1-4H3,(H2,20,21). The Bertz CT molecular complexity index is 709. The number of rotatable bonds is 4. The van der Waals surface area contributed by atoms with Crippen LogP contribution >= 0.6 is 0 Å². The molecule has 1 aromatic carbocycles. The number of amides is 1. The van der Waals surface area contributed by atoms with Crippen molar-refractivity contribution >= 4 is 17.9 Å². The third-order valence-corrected chi connectivity index (χ3v) is 4.40. The van der Waals surface area contributed by atoms with Gasteiger partial charge in [0.1, 0.15) is 5.60 Å². The van der Waals surface area contributed by atoms with Crippen molar-refractivity contribution in [2.24, 2.45) is 16.8 Å². The normalized spacial score (nSPS) is 20.4. The molecule has 148 valence electrons. The highest BCUT2D eigenvalue weighted by Gasteiger charge is 2.39. The lowest BCUT2D eigenvalue weighted by Crippen LogP contribution is -2.37. The van der Waals surface area contributed by atoms with Gasteiger partial charge in [-0.1, -0.05) is 29.4 Å². The van der Waals surface area contributed by atoms with Crippen LogP contribution in [0.3, 0.4) is 0 Å². The molecule has 1 aromatic rings. The number of methoxy groups -OCH3 is 1. The third kappa shape index (κ3) is 5.35. The first-order chi connectivity index (χ1) is 12.6. The van der Waals surface area contributed by atoms with Crippen molar-refractivity contribution in [2.75, 3.05) is 13.7 Å². The third-order valence-electron chi connectivity index (χ3n) is 4.40. The second-order valence-electron chi connectivity index (χ2n) is 7.64. The first kappa shape index (κ1) is 20.5. The largest absolute Gasteiger partial charge is 0.469 e. The number of amidine groups is 1. The number of carbonyl (C=O) groups is 2. The van der Waals surface area contributed by atoms with Crippen LogP contribution in [0.25, 0.3) is 0 Å². The van der Waals surface area contributed by atoms with E-state index in [0.717, 1.165) is 5.56 Å². The Balaban J connectivity index is 2.25. The fourth-order valence-corrected chi connectivity index (χ4v) is 3.16. The molecule has 1 aliphatic heterocycles. The molecule has 1 aliphatic rings. The fourth-order valence-electron chi connectivity index (χ4n) is 3.16. The molecule has 1 fully saturated rings. The first-order valence-corrected chi connectivity index (χ1v) is 8.79. The average Bonchev–Trinajstić information content (AvgIpc) is 3.03. The molecule has 0 spiro atoms. The molecule has 0 saturated carbocycles. The SMILES string of the molecule is COC(=O)CC1CC(c2ccc(C(N)=NO)cc2)N(C(=O)OC(C)(C)C)C1. The van der Waals surface area contributed by atoms with E-state index in [1.165, 1.54) is 7.11 Å². The van der Waals surface area contributed by atoms with Crippen LogP contribution in [0.15, 0.2) is 29.4 Å². The topological polar surface area (TPSA) is 114 Å². The van der Waals surface area contributed by atoms with Gasteiger partial charge < -0.3 is 25.3 Å². The molecule has 8 heteroatoms. The summed E-state index contributed by atoms with van der Waals surface area (Å²) in [5, 5.41) is 11.8. The summed E-state index contributed by atoms with van der Waals surface area (Å²) >= 11 is 0. The zero-order valence-corrected chi connectivity index (χ0v) is 16.1. The molecule has 0 aromatic heterocycles. The molecule has 1 amide bonds. The Morgan fingerprint density at radius 3 is 2.44 bits per heavy atom. The smallest absolute Gasteiger partial charge is 0.410 e. The van der Waals surface area contributed by atoms with Gasteiger partial charge in [0.25, 0.3) is 0 Å². The molecule has 27 heavy (non-hydrogen) atoms. The summed E-state index contributed by atoms with van der Waals surface area (Å²) in [5.74, 6) is -0.300. The predicted molar refractivity (Wildman–Crippen MR) is 99.4 cm³/mol. The Morgan fingerprint density at radius 1 is 1.30 bits per heavy atom. The fraction of sp³-hybridized carbons (Fsp3) is 0.526. The van der Waals surface area contributed by atoms with E-state index in [4.69, 9.17) is 20.4 Å². The van der Waals surface area contributed by atoms with Gasteiger partial charge in [0.15, 0.2) is 5.84 Å². The summed E-state index contributed by atoms with van der Waals surface area (Å²) in [7, 11) is 1.35. The van der Waals surface area contributed by atoms with Crippen molar-refractivity contribution in [3.63, 3.8) is 0 Å². The number of benzene rings is 1. The molecule has 8 nitrogen and oxygen atoms in total. The van der Waals surface area contributed by atoms with E-state index in [0.29, 0.717) is 18.5 Å². The number of nitrogens with two attached hydrogens (primary N) is 1. The molecular weight excluding hydrogens is 350 g/mol. The van der Waals surface area contributed by atoms with Gasteiger partial charge in [-0.2, -0.15) is 0 Å². The number of oxime groups is 1. The van der Waals surface area contributed by atoms with Crippen molar-refractivity contribution in [3.05, 3.63) is 35.4 Å². The molecular formula is C19H27N3O5. The minimum absolute atomic E-state index is 0.0144. The minimum Gasteiger partial charge on any atom is -0.469 e. The Morgan fingerprint density at radius 2 is 1.93 bits per heavy atom. The maximum absolute atomic E-state index is 12.7. The van der Waals surface area contributed by atoms with Crippen molar-refractivity contribution < 1.29 is 24.3 Å². The second kappa shape index (κ2) is 8.28. The lowest BCUT2D eigenvalue weighted by Gasteiger charge is -2.29. The molecule has 2 atom stereocenters. The van der Waals surface area contributed by atoms with E-state index < -0.39 is 11.7 Å². The number of carbonyl (C=O) groups excluding carboxylic acids is 2. The van der Waals surface area contributed by atoms with E-state index in [-0.39, 0.29) is 30.2 Å². The highest BCUT2D eigenvalue weighted by atomic mass is 16.6.